The van der Waals surface area contributed by atoms with Crippen LogP contribution in [-0.2, 0) is 25.5 Å². The van der Waals surface area contributed by atoms with E-state index in [2.05, 4.69) is 19.2 Å². The number of nitrogens with zero attached hydrogens (tertiary/aromatic N) is 1. The fraction of sp³-hybridized carbons (Fsp3) is 0.719. The number of ether oxygens (including phenoxy) is 4. The summed E-state index contributed by atoms with van der Waals surface area (Å²) >= 11 is 0. The maximum Gasteiger partial charge on any atom is 0.409 e. The van der Waals surface area contributed by atoms with Crippen LogP contribution < -0.4 is 20.5 Å². The Kier molecular flexibility index (Phi) is 13.6. The lowest BCUT2D eigenvalue weighted by Crippen LogP contribution is -2.46. The summed E-state index contributed by atoms with van der Waals surface area (Å²) in [7, 11) is 3.19. The van der Waals surface area contributed by atoms with Crippen LogP contribution >= 0.6 is 0 Å². The lowest BCUT2D eigenvalue weighted by molar-refractivity contribution is -0.130. The molecule has 5 atom stereocenters. The third-order valence-electron chi connectivity index (χ3n) is 8.57. The van der Waals surface area contributed by atoms with Gasteiger partial charge in [-0.2, -0.15) is 0 Å². The maximum atomic E-state index is 13.3. The molecule has 0 aliphatic carbocycles. The largest absolute Gasteiger partial charge is 0.493 e. The molecule has 1 aromatic carbocycles. The maximum absolute atomic E-state index is 13.3. The number of rotatable bonds is 17. The normalized spacial score (nSPS) is 19.3. The van der Waals surface area contributed by atoms with Crippen LogP contribution in [-0.4, -0.2) is 73.8 Å². The van der Waals surface area contributed by atoms with Gasteiger partial charge in [0.1, 0.15) is 6.73 Å². The van der Waals surface area contributed by atoms with Gasteiger partial charge in [0.2, 0.25) is 11.8 Å². The van der Waals surface area contributed by atoms with Crippen molar-refractivity contribution < 1.29 is 38.4 Å². The minimum atomic E-state index is -1.05. The zero-order valence-corrected chi connectivity index (χ0v) is 27.3. The third kappa shape index (κ3) is 9.99. The number of nitrogens with one attached hydrogen (secondary N) is 1. The molecule has 11 nitrogen and oxygen atoms in total. The SMILES string of the molecule is CCC(OC)Oc1cc(C[C@@H](C[C@H]2[C@H](C[C@H](C(=O)NCC(C)(C)C(N)=O)C(C)C)OCN2C(=O)O)C(C)C)ccc1OC. The molecular weight excluding hydrogens is 554 g/mol. The molecule has 43 heavy (non-hydrogen) atoms. The quantitative estimate of drug-likeness (QED) is 0.217. The summed E-state index contributed by atoms with van der Waals surface area (Å²) in [5.41, 5.74) is 5.63. The second kappa shape index (κ2) is 16.1. The number of benzene rings is 1. The van der Waals surface area contributed by atoms with Gasteiger partial charge in [-0.1, -0.05) is 40.7 Å². The van der Waals surface area contributed by atoms with Crippen molar-refractivity contribution in [2.75, 3.05) is 27.5 Å². The predicted molar refractivity (Wildman–Crippen MR) is 164 cm³/mol. The van der Waals surface area contributed by atoms with Gasteiger partial charge in [0.05, 0.1) is 24.7 Å². The molecule has 2 rings (SSSR count). The molecule has 4 N–H and O–H groups in total. The number of carbonyl (C=O) groups excluding carboxylic acids is 2. The first-order chi connectivity index (χ1) is 20.1. The minimum absolute atomic E-state index is 0.0301. The summed E-state index contributed by atoms with van der Waals surface area (Å²) in [5.74, 6) is 0.399. The second-order valence-electron chi connectivity index (χ2n) is 12.8. The lowest BCUT2D eigenvalue weighted by atomic mass is 9.80. The van der Waals surface area contributed by atoms with E-state index >= 15 is 0 Å². The van der Waals surface area contributed by atoms with Crippen molar-refractivity contribution in [3.05, 3.63) is 23.8 Å². The van der Waals surface area contributed by atoms with Crippen LogP contribution in [0.15, 0.2) is 18.2 Å². The van der Waals surface area contributed by atoms with E-state index in [9.17, 15) is 19.5 Å². The van der Waals surface area contributed by atoms with E-state index in [-0.39, 0.29) is 36.9 Å². The number of nitrogens with two attached hydrogens (primary N) is 1. The van der Waals surface area contributed by atoms with Gasteiger partial charge in [0.15, 0.2) is 17.8 Å². The van der Waals surface area contributed by atoms with Crippen LogP contribution in [0.4, 0.5) is 4.79 Å². The number of carbonyl (C=O) groups is 3. The Bertz CT molecular complexity index is 1070. The molecule has 1 unspecified atom stereocenters. The van der Waals surface area contributed by atoms with Crippen LogP contribution in [0.25, 0.3) is 0 Å². The highest BCUT2D eigenvalue weighted by Gasteiger charge is 2.42. The molecule has 0 saturated carbocycles. The highest BCUT2D eigenvalue weighted by molar-refractivity contribution is 5.83. The second-order valence-corrected chi connectivity index (χ2v) is 12.8. The number of primary amides is 1. The average Bonchev–Trinajstić information content (AvgIpc) is 3.35. The summed E-state index contributed by atoms with van der Waals surface area (Å²) in [6, 6.07) is 5.41. The number of hydrogen-bond acceptors (Lipinski definition) is 7. The molecule has 3 amide bonds. The van der Waals surface area contributed by atoms with Crippen molar-refractivity contribution in [2.24, 2.45) is 34.8 Å². The predicted octanol–water partition coefficient (Wildman–Crippen LogP) is 4.66. The standard InChI is InChI=1S/C32H53N3O8/c1-10-28(41-9)43-27-14-21(11-12-25(27)40-8)13-22(19(2)3)15-24-26(42-18-35(24)31(38)39)16-23(20(4)5)29(36)34-17-32(6,7)30(33)37/h11-12,14,19-20,22-24,26,28H,10,13,15-18H2,1-9H3,(H2,33,37)(H,34,36)(H,38,39)/t22-,23-,24-,26-,28?/m0/s1. The van der Waals surface area contributed by atoms with Crippen LogP contribution in [0.3, 0.4) is 0 Å². The number of hydrogen-bond donors (Lipinski definition) is 3. The molecule has 0 spiro atoms. The van der Waals surface area contributed by atoms with Crippen molar-refractivity contribution in [3.8, 4) is 11.5 Å². The first-order valence-corrected chi connectivity index (χ1v) is 15.2. The van der Waals surface area contributed by atoms with Crippen molar-refractivity contribution in [2.45, 2.75) is 92.6 Å². The monoisotopic (exact) mass is 607 g/mol. The molecule has 1 aromatic rings. The van der Waals surface area contributed by atoms with Crippen LogP contribution in [0, 0.1) is 29.1 Å². The number of carboxylic acid groups (broad SMARTS) is 1. The van der Waals surface area contributed by atoms with Gasteiger partial charge in [0, 0.05) is 26.0 Å². The zero-order valence-electron chi connectivity index (χ0n) is 27.3. The molecule has 1 saturated heterocycles. The van der Waals surface area contributed by atoms with E-state index < -0.39 is 41.8 Å². The van der Waals surface area contributed by atoms with E-state index in [1.165, 1.54) is 4.90 Å². The molecule has 11 heteroatoms. The smallest absolute Gasteiger partial charge is 0.409 e. The van der Waals surface area contributed by atoms with Gasteiger partial charge in [-0.3, -0.25) is 14.5 Å². The lowest BCUT2D eigenvalue weighted by Gasteiger charge is -2.32. The van der Waals surface area contributed by atoms with E-state index in [0.29, 0.717) is 37.2 Å². The molecule has 0 radical (unpaired) electrons. The Hall–Kier alpha value is -3.05. The first kappa shape index (κ1) is 36.1. The summed E-state index contributed by atoms with van der Waals surface area (Å²) in [6.45, 7) is 13.6. The Morgan fingerprint density at radius 1 is 1.12 bits per heavy atom. The van der Waals surface area contributed by atoms with E-state index in [0.717, 1.165) is 5.56 Å². The molecule has 1 aliphatic heterocycles. The van der Waals surface area contributed by atoms with Gasteiger partial charge in [-0.25, -0.2) is 4.79 Å². The topological polar surface area (TPSA) is 150 Å². The van der Waals surface area contributed by atoms with Crippen molar-refractivity contribution in [1.29, 1.82) is 0 Å². The van der Waals surface area contributed by atoms with Gasteiger partial charge in [-0.15, -0.1) is 0 Å². The third-order valence-corrected chi connectivity index (χ3v) is 8.57. The summed E-state index contributed by atoms with van der Waals surface area (Å²) < 4.78 is 23.0. The fourth-order valence-electron chi connectivity index (χ4n) is 5.33. The molecular formula is C32H53N3O8. The van der Waals surface area contributed by atoms with Crippen molar-refractivity contribution in [1.82, 2.24) is 10.2 Å². The van der Waals surface area contributed by atoms with Gasteiger partial charge in [-0.05, 0) is 68.6 Å². The van der Waals surface area contributed by atoms with Gasteiger partial charge in [0.25, 0.3) is 0 Å². The minimum Gasteiger partial charge on any atom is -0.493 e. The molecule has 1 heterocycles. The molecule has 1 aliphatic rings. The van der Waals surface area contributed by atoms with E-state index in [1.54, 1.807) is 28.1 Å². The fourth-order valence-corrected chi connectivity index (χ4v) is 5.33. The van der Waals surface area contributed by atoms with Crippen LogP contribution in [0.5, 0.6) is 11.5 Å². The summed E-state index contributed by atoms with van der Waals surface area (Å²) in [5, 5.41) is 12.9. The van der Waals surface area contributed by atoms with Gasteiger partial charge < -0.3 is 35.1 Å². The Morgan fingerprint density at radius 2 is 1.79 bits per heavy atom. The average molecular weight is 608 g/mol. The molecule has 0 aromatic heterocycles. The Morgan fingerprint density at radius 3 is 2.30 bits per heavy atom. The number of amides is 3. The van der Waals surface area contributed by atoms with E-state index in [4.69, 9.17) is 24.7 Å². The highest BCUT2D eigenvalue weighted by Crippen LogP contribution is 2.36. The summed E-state index contributed by atoms with van der Waals surface area (Å²) in [6.07, 6.45) is 0.372. The molecule has 1 fully saturated rings. The van der Waals surface area contributed by atoms with Crippen molar-refractivity contribution >= 4 is 17.9 Å². The van der Waals surface area contributed by atoms with Gasteiger partial charge >= 0.3 is 6.09 Å². The first-order valence-electron chi connectivity index (χ1n) is 15.2. The molecule has 244 valence electrons. The summed E-state index contributed by atoms with van der Waals surface area (Å²) in [4.78, 5) is 38.6. The Labute approximate surface area is 256 Å². The molecule has 0 bridgehead atoms. The van der Waals surface area contributed by atoms with Crippen LogP contribution in [0.1, 0.15) is 73.3 Å². The number of methoxy groups -OCH3 is 2. The van der Waals surface area contributed by atoms with Crippen LogP contribution in [0.2, 0.25) is 0 Å². The highest BCUT2D eigenvalue weighted by atomic mass is 16.7. The zero-order chi connectivity index (χ0) is 32.5. The Balaban J connectivity index is 2.27. The van der Waals surface area contributed by atoms with Crippen molar-refractivity contribution in [3.63, 3.8) is 0 Å². The van der Waals surface area contributed by atoms with E-state index in [1.807, 2.05) is 39.0 Å².